The normalized spacial score (nSPS) is 10.3. The standard InChI is InChI=1S/C18H18FN5O/c1-2-25-15-6-4-3-5-14(15)24-18-16(20)17(21-11-22-18)23-13-9-7-12(19)8-10-13/h3-11H,2,20H2,1H3,(H2,21,22,23,24). The van der Waals surface area contributed by atoms with Gasteiger partial charge in [-0.25, -0.2) is 14.4 Å². The molecule has 0 unspecified atom stereocenters. The molecule has 4 N–H and O–H groups in total. The summed E-state index contributed by atoms with van der Waals surface area (Å²) >= 11 is 0. The van der Waals surface area contributed by atoms with Gasteiger partial charge in [-0.05, 0) is 43.3 Å². The Hall–Kier alpha value is -3.35. The molecule has 128 valence electrons. The molecule has 0 bridgehead atoms. The molecule has 3 rings (SSSR count). The van der Waals surface area contributed by atoms with Crippen molar-refractivity contribution in [2.45, 2.75) is 6.92 Å². The first-order chi connectivity index (χ1) is 12.2. The molecule has 25 heavy (non-hydrogen) atoms. The van der Waals surface area contributed by atoms with Crippen molar-refractivity contribution in [2.24, 2.45) is 0 Å². The van der Waals surface area contributed by atoms with E-state index < -0.39 is 0 Å². The number of nitrogens with zero attached hydrogens (tertiary/aromatic N) is 2. The lowest BCUT2D eigenvalue weighted by atomic mass is 10.2. The maximum atomic E-state index is 13.0. The first kappa shape index (κ1) is 16.5. The number of ether oxygens (including phenoxy) is 1. The molecule has 1 heterocycles. The van der Waals surface area contributed by atoms with Crippen molar-refractivity contribution in [1.82, 2.24) is 9.97 Å². The van der Waals surface area contributed by atoms with Crippen molar-refractivity contribution >= 4 is 28.7 Å². The second kappa shape index (κ2) is 7.48. The topological polar surface area (TPSA) is 85.1 Å². The number of hydrogen-bond donors (Lipinski definition) is 3. The predicted molar refractivity (Wildman–Crippen MR) is 97.0 cm³/mol. The van der Waals surface area contributed by atoms with Crippen LogP contribution in [-0.4, -0.2) is 16.6 Å². The first-order valence-corrected chi connectivity index (χ1v) is 7.79. The number of halogens is 1. The van der Waals surface area contributed by atoms with Crippen molar-refractivity contribution in [1.29, 1.82) is 0 Å². The summed E-state index contributed by atoms with van der Waals surface area (Å²) in [5.74, 6) is 1.27. The maximum absolute atomic E-state index is 13.0. The molecule has 0 aliphatic carbocycles. The number of para-hydroxylation sites is 2. The highest BCUT2D eigenvalue weighted by Gasteiger charge is 2.11. The van der Waals surface area contributed by atoms with Gasteiger partial charge >= 0.3 is 0 Å². The van der Waals surface area contributed by atoms with Crippen LogP contribution >= 0.6 is 0 Å². The fourth-order valence-electron chi connectivity index (χ4n) is 2.24. The fraction of sp³-hybridized carbons (Fsp3) is 0.111. The molecule has 6 nitrogen and oxygen atoms in total. The van der Waals surface area contributed by atoms with Crippen LogP contribution in [0.2, 0.25) is 0 Å². The van der Waals surface area contributed by atoms with Crippen LogP contribution < -0.4 is 21.1 Å². The van der Waals surface area contributed by atoms with Gasteiger partial charge in [0.25, 0.3) is 0 Å². The molecule has 2 aromatic carbocycles. The zero-order valence-electron chi connectivity index (χ0n) is 13.7. The van der Waals surface area contributed by atoms with E-state index in [1.54, 1.807) is 12.1 Å². The van der Waals surface area contributed by atoms with Crippen LogP contribution in [0.25, 0.3) is 0 Å². The SMILES string of the molecule is CCOc1ccccc1Nc1ncnc(Nc2ccc(F)cc2)c1N. The van der Waals surface area contributed by atoms with Crippen molar-refractivity contribution in [2.75, 3.05) is 23.0 Å². The Bertz CT molecular complexity index is 854. The van der Waals surface area contributed by atoms with Gasteiger partial charge in [0.15, 0.2) is 11.6 Å². The molecule has 7 heteroatoms. The summed E-state index contributed by atoms with van der Waals surface area (Å²) in [4.78, 5) is 8.33. The summed E-state index contributed by atoms with van der Waals surface area (Å²) in [5, 5.41) is 6.21. The third-order valence-corrected chi connectivity index (χ3v) is 3.43. The number of benzene rings is 2. The minimum atomic E-state index is -0.309. The number of nitrogens with two attached hydrogens (primary N) is 1. The third-order valence-electron chi connectivity index (χ3n) is 3.43. The first-order valence-electron chi connectivity index (χ1n) is 7.79. The molecule has 0 amide bonds. The number of anilines is 5. The fourth-order valence-corrected chi connectivity index (χ4v) is 2.24. The van der Waals surface area contributed by atoms with Gasteiger partial charge in [-0.1, -0.05) is 12.1 Å². The van der Waals surface area contributed by atoms with Crippen LogP contribution in [0.15, 0.2) is 54.9 Å². The second-order valence-electron chi connectivity index (χ2n) is 5.17. The van der Waals surface area contributed by atoms with Gasteiger partial charge in [-0.15, -0.1) is 0 Å². The zero-order valence-corrected chi connectivity index (χ0v) is 13.7. The smallest absolute Gasteiger partial charge is 0.159 e. The highest BCUT2D eigenvalue weighted by atomic mass is 19.1. The Morgan fingerprint density at radius 1 is 1.00 bits per heavy atom. The molecular weight excluding hydrogens is 321 g/mol. The largest absolute Gasteiger partial charge is 0.492 e. The molecule has 0 atom stereocenters. The van der Waals surface area contributed by atoms with Gasteiger partial charge in [0.05, 0.1) is 12.3 Å². The third kappa shape index (κ3) is 3.95. The van der Waals surface area contributed by atoms with E-state index in [1.807, 2.05) is 31.2 Å². The second-order valence-corrected chi connectivity index (χ2v) is 5.17. The Balaban J connectivity index is 1.85. The molecular formula is C18H18FN5O. The van der Waals surface area contributed by atoms with Crippen LogP contribution in [0.4, 0.5) is 33.1 Å². The summed E-state index contributed by atoms with van der Waals surface area (Å²) in [6, 6.07) is 13.4. The number of rotatable bonds is 6. The molecule has 0 saturated heterocycles. The van der Waals surface area contributed by atoms with Crippen molar-refractivity contribution < 1.29 is 9.13 Å². The average molecular weight is 339 g/mol. The number of aromatic nitrogens is 2. The summed E-state index contributed by atoms with van der Waals surface area (Å²) in [5.41, 5.74) is 7.94. The van der Waals surface area contributed by atoms with Crippen LogP contribution in [-0.2, 0) is 0 Å². The molecule has 1 aromatic heterocycles. The molecule has 0 spiro atoms. The van der Waals surface area contributed by atoms with Crippen LogP contribution in [0.3, 0.4) is 0 Å². The predicted octanol–water partition coefficient (Wildman–Crippen LogP) is 4.08. The van der Waals surface area contributed by atoms with Gasteiger partial charge in [0.2, 0.25) is 0 Å². The molecule has 0 aliphatic heterocycles. The van der Waals surface area contributed by atoms with E-state index in [-0.39, 0.29) is 5.82 Å². The lowest BCUT2D eigenvalue weighted by Gasteiger charge is -2.15. The molecule has 0 aliphatic rings. The quantitative estimate of drug-likeness (QED) is 0.627. The van der Waals surface area contributed by atoms with E-state index >= 15 is 0 Å². The van der Waals surface area contributed by atoms with E-state index in [0.29, 0.717) is 35.4 Å². The average Bonchev–Trinajstić information content (AvgIpc) is 2.62. The summed E-state index contributed by atoms with van der Waals surface area (Å²) in [6.45, 7) is 2.47. The molecule has 0 saturated carbocycles. The zero-order chi connectivity index (χ0) is 17.6. The van der Waals surface area contributed by atoms with Crippen molar-refractivity contribution in [3.05, 3.63) is 60.7 Å². The van der Waals surface area contributed by atoms with E-state index in [1.165, 1.54) is 18.5 Å². The van der Waals surface area contributed by atoms with Gasteiger partial charge in [-0.2, -0.15) is 0 Å². The number of nitrogens with one attached hydrogen (secondary N) is 2. The van der Waals surface area contributed by atoms with E-state index in [2.05, 4.69) is 20.6 Å². The van der Waals surface area contributed by atoms with Crippen LogP contribution in [0, 0.1) is 5.82 Å². The Morgan fingerprint density at radius 2 is 1.68 bits per heavy atom. The Labute approximate surface area is 144 Å². The van der Waals surface area contributed by atoms with Gasteiger partial charge in [-0.3, -0.25) is 0 Å². The molecule has 3 aromatic rings. The number of nitrogen functional groups attached to an aromatic ring is 1. The monoisotopic (exact) mass is 339 g/mol. The van der Waals surface area contributed by atoms with E-state index in [0.717, 1.165) is 5.69 Å². The Morgan fingerprint density at radius 3 is 2.40 bits per heavy atom. The maximum Gasteiger partial charge on any atom is 0.159 e. The van der Waals surface area contributed by atoms with E-state index in [9.17, 15) is 4.39 Å². The minimum absolute atomic E-state index is 0.309. The van der Waals surface area contributed by atoms with E-state index in [4.69, 9.17) is 10.5 Å². The van der Waals surface area contributed by atoms with Crippen LogP contribution in [0.1, 0.15) is 6.92 Å². The lowest BCUT2D eigenvalue weighted by Crippen LogP contribution is -2.06. The van der Waals surface area contributed by atoms with Crippen LogP contribution in [0.5, 0.6) is 5.75 Å². The summed E-state index contributed by atoms with van der Waals surface area (Å²) in [6.07, 6.45) is 1.40. The van der Waals surface area contributed by atoms with Crippen molar-refractivity contribution in [3.8, 4) is 5.75 Å². The number of hydrogen-bond acceptors (Lipinski definition) is 6. The van der Waals surface area contributed by atoms with Gasteiger partial charge < -0.3 is 21.1 Å². The highest BCUT2D eigenvalue weighted by molar-refractivity contribution is 5.81. The lowest BCUT2D eigenvalue weighted by molar-refractivity contribution is 0.342. The van der Waals surface area contributed by atoms with Gasteiger partial charge in [0, 0.05) is 5.69 Å². The Kier molecular flexibility index (Phi) is 4.94. The minimum Gasteiger partial charge on any atom is -0.492 e. The van der Waals surface area contributed by atoms with Gasteiger partial charge in [0.1, 0.15) is 23.6 Å². The highest BCUT2D eigenvalue weighted by Crippen LogP contribution is 2.32. The summed E-state index contributed by atoms with van der Waals surface area (Å²) < 4.78 is 18.6. The van der Waals surface area contributed by atoms with Crippen molar-refractivity contribution in [3.63, 3.8) is 0 Å². The molecule has 0 fully saturated rings. The summed E-state index contributed by atoms with van der Waals surface area (Å²) in [7, 11) is 0. The molecule has 0 radical (unpaired) electrons.